The van der Waals surface area contributed by atoms with Crippen molar-refractivity contribution in [3.63, 3.8) is 0 Å². The predicted octanol–water partition coefficient (Wildman–Crippen LogP) is 0.413. The van der Waals surface area contributed by atoms with Crippen molar-refractivity contribution < 1.29 is 9.00 Å². The fourth-order valence-corrected chi connectivity index (χ4v) is 2.41. The highest BCUT2D eigenvalue weighted by Crippen LogP contribution is 2.24. The van der Waals surface area contributed by atoms with Crippen molar-refractivity contribution in [3.05, 3.63) is 29.3 Å². The van der Waals surface area contributed by atoms with Crippen LogP contribution in [0.3, 0.4) is 0 Å². The second-order valence-electron chi connectivity index (χ2n) is 2.79. The topological polar surface area (TPSA) is 96.3 Å². The van der Waals surface area contributed by atoms with Gasteiger partial charge in [0.05, 0.1) is 22.1 Å². The summed E-state index contributed by atoms with van der Waals surface area (Å²) in [5.74, 6) is -0.621. The van der Waals surface area contributed by atoms with Crippen LogP contribution in [0.1, 0.15) is 15.9 Å². The van der Waals surface area contributed by atoms with E-state index in [1.165, 1.54) is 18.2 Å². The Balaban J connectivity index is 2.79. The smallest absolute Gasteiger partial charge is 0.266 e. The number of nitrogens with zero attached hydrogens (tertiary/aromatic N) is 2. The molecule has 1 unspecified atom stereocenters. The normalized spacial score (nSPS) is 23.9. The molecule has 1 aliphatic rings. The van der Waals surface area contributed by atoms with Crippen LogP contribution >= 0.6 is 0 Å². The molecular formula is C8H5N3O2S. The number of carbonyl (C=O) groups is 1. The number of nitriles is 1. The summed E-state index contributed by atoms with van der Waals surface area (Å²) < 4.78 is 14.8. The van der Waals surface area contributed by atoms with Crippen LogP contribution in [-0.2, 0) is 9.92 Å². The number of hydrogen-bond donors (Lipinski definition) is 1. The van der Waals surface area contributed by atoms with E-state index in [0.29, 0.717) is 5.56 Å². The first-order valence-corrected chi connectivity index (χ1v) is 5.26. The third-order valence-electron chi connectivity index (χ3n) is 1.87. The van der Waals surface area contributed by atoms with E-state index < -0.39 is 15.8 Å². The van der Waals surface area contributed by atoms with Gasteiger partial charge in [0, 0.05) is 0 Å². The molecule has 0 radical (unpaired) electrons. The van der Waals surface area contributed by atoms with Crippen LogP contribution < -0.4 is 5.14 Å². The highest BCUT2D eigenvalue weighted by Gasteiger charge is 2.26. The van der Waals surface area contributed by atoms with Crippen LogP contribution in [-0.4, -0.2) is 10.1 Å². The number of carbonyl (C=O) groups excluding carboxylic acids is 1. The van der Waals surface area contributed by atoms with E-state index in [0.717, 1.165) is 0 Å². The Kier molecular flexibility index (Phi) is 1.67. The zero-order valence-electron chi connectivity index (χ0n) is 6.93. The van der Waals surface area contributed by atoms with E-state index >= 15 is 0 Å². The fraction of sp³-hybridized carbons (Fsp3) is 0. The van der Waals surface area contributed by atoms with E-state index in [1.807, 2.05) is 6.07 Å². The van der Waals surface area contributed by atoms with Gasteiger partial charge >= 0.3 is 0 Å². The molecule has 1 amide bonds. The Morgan fingerprint density at radius 3 is 2.86 bits per heavy atom. The maximum atomic E-state index is 11.5. The minimum Gasteiger partial charge on any atom is -0.266 e. The first kappa shape index (κ1) is 8.87. The van der Waals surface area contributed by atoms with Gasteiger partial charge in [-0.2, -0.15) is 5.26 Å². The molecule has 0 spiro atoms. The highest BCUT2D eigenvalue weighted by molar-refractivity contribution is 7.92. The van der Waals surface area contributed by atoms with Crippen molar-refractivity contribution in [2.75, 3.05) is 0 Å². The second kappa shape index (κ2) is 2.64. The number of nitrogens with two attached hydrogens (primary N) is 1. The molecule has 70 valence electrons. The van der Waals surface area contributed by atoms with Gasteiger partial charge in [-0.1, -0.05) is 0 Å². The maximum Gasteiger partial charge on any atom is 0.287 e. The molecule has 2 rings (SSSR count). The van der Waals surface area contributed by atoms with Gasteiger partial charge in [0.25, 0.3) is 5.91 Å². The molecule has 1 aliphatic heterocycles. The molecule has 5 nitrogen and oxygen atoms in total. The molecular weight excluding hydrogens is 202 g/mol. The lowest BCUT2D eigenvalue weighted by Gasteiger charge is -1.98. The van der Waals surface area contributed by atoms with Crippen molar-refractivity contribution in [2.24, 2.45) is 9.50 Å². The number of hydrogen-bond acceptors (Lipinski definition) is 3. The number of benzene rings is 1. The Hall–Kier alpha value is -1.71. The molecule has 6 heteroatoms. The van der Waals surface area contributed by atoms with Gasteiger partial charge in [0.2, 0.25) is 0 Å². The minimum absolute atomic E-state index is 0.163. The van der Waals surface area contributed by atoms with Crippen molar-refractivity contribution in [1.29, 1.82) is 5.26 Å². The molecule has 0 saturated heterocycles. The lowest BCUT2D eigenvalue weighted by Crippen LogP contribution is -2.09. The van der Waals surface area contributed by atoms with Crippen LogP contribution in [0.15, 0.2) is 27.5 Å². The Bertz CT molecular complexity index is 591. The average molecular weight is 207 g/mol. The zero-order chi connectivity index (χ0) is 10.3. The highest BCUT2D eigenvalue weighted by atomic mass is 32.2. The summed E-state index contributed by atoms with van der Waals surface area (Å²) >= 11 is 0. The molecule has 0 fully saturated rings. The van der Waals surface area contributed by atoms with Crippen LogP contribution in [0.5, 0.6) is 0 Å². The van der Waals surface area contributed by atoms with Gasteiger partial charge < -0.3 is 0 Å². The monoisotopic (exact) mass is 207 g/mol. The lowest BCUT2D eigenvalue weighted by molar-refractivity contribution is 0.101. The molecule has 1 heterocycles. The van der Waals surface area contributed by atoms with Gasteiger partial charge in [0.15, 0.2) is 0 Å². The largest absolute Gasteiger partial charge is 0.287 e. The van der Waals surface area contributed by atoms with Gasteiger partial charge in [-0.15, -0.1) is 4.36 Å². The molecule has 0 saturated carbocycles. The SMILES string of the molecule is N#Cc1ccc2c(c1)C(=O)N=S2(N)=O. The third-order valence-corrected chi connectivity index (χ3v) is 3.30. The number of rotatable bonds is 0. The Labute approximate surface area is 80.5 Å². The molecule has 1 aromatic carbocycles. The molecule has 0 aliphatic carbocycles. The average Bonchev–Trinajstić information content (AvgIpc) is 2.37. The van der Waals surface area contributed by atoms with Gasteiger partial charge in [-0.3, -0.25) is 4.79 Å². The Morgan fingerprint density at radius 1 is 1.50 bits per heavy atom. The Morgan fingerprint density at radius 2 is 2.21 bits per heavy atom. The summed E-state index contributed by atoms with van der Waals surface area (Å²) in [5.41, 5.74) is 0.487. The lowest BCUT2D eigenvalue weighted by atomic mass is 10.1. The first-order chi connectivity index (χ1) is 6.54. The quantitative estimate of drug-likeness (QED) is 0.667. The predicted molar refractivity (Wildman–Crippen MR) is 48.5 cm³/mol. The summed E-state index contributed by atoms with van der Waals surface area (Å²) in [5, 5.41) is 13.9. The molecule has 0 bridgehead atoms. The van der Waals surface area contributed by atoms with Crippen molar-refractivity contribution in [1.82, 2.24) is 0 Å². The second-order valence-corrected chi connectivity index (χ2v) is 4.55. The maximum absolute atomic E-state index is 11.5. The number of amides is 1. The zero-order valence-corrected chi connectivity index (χ0v) is 7.75. The minimum atomic E-state index is -3.06. The summed E-state index contributed by atoms with van der Waals surface area (Å²) in [7, 11) is -3.06. The van der Waals surface area contributed by atoms with Crippen LogP contribution in [0.4, 0.5) is 0 Å². The van der Waals surface area contributed by atoms with Gasteiger partial charge in [-0.05, 0) is 18.2 Å². The summed E-state index contributed by atoms with van der Waals surface area (Å²) in [6.45, 7) is 0. The summed E-state index contributed by atoms with van der Waals surface area (Å²) in [6, 6.07) is 6.09. The third kappa shape index (κ3) is 1.11. The van der Waals surface area contributed by atoms with Crippen molar-refractivity contribution in [3.8, 4) is 6.07 Å². The molecule has 14 heavy (non-hydrogen) atoms. The van der Waals surface area contributed by atoms with E-state index in [1.54, 1.807) is 0 Å². The molecule has 1 atom stereocenters. The van der Waals surface area contributed by atoms with E-state index in [9.17, 15) is 9.00 Å². The van der Waals surface area contributed by atoms with Gasteiger partial charge in [-0.25, -0.2) is 9.35 Å². The van der Waals surface area contributed by atoms with Crippen LogP contribution in [0.25, 0.3) is 0 Å². The fourth-order valence-electron chi connectivity index (χ4n) is 1.24. The van der Waals surface area contributed by atoms with Crippen molar-refractivity contribution in [2.45, 2.75) is 4.90 Å². The van der Waals surface area contributed by atoms with Crippen LogP contribution in [0.2, 0.25) is 0 Å². The number of fused-ring (bicyclic) bond motifs is 1. The molecule has 0 aromatic heterocycles. The van der Waals surface area contributed by atoms with E-state index in [-0.39, 0.29) is 10.5 Å². The van der Waals surface area contributed by atoms with Gasteiger partial charge in [0.1, 0.15) is 9.92 Å². The van der Waals surface area contributed by atoms with Crippen LogP contribution in [0, 0.1) is 11.3 Å². The molecule has 2 N–H and O–H groups in total. The molecule has 1 aromatic rings. The summed E-state index contributed by atoms with van der Waals surface area (Å²) in [4.78, 5) is 11.4. The first-order valence-electron chi connectivity index (χ1n) is 3.68. The van der Waals surface area contributed by atoms with Crippen molar-refractivity contribution >= 4 is 15.8 Å². The summed E-state index contributed by atoms with van der Waals surface area (Å²) in [6.07, 6.45) is 0. The standard InChI is InChI=1S/C8H5N3O2S/c9-4-5-1-2-7-6(3-5)8(12)11-14(7,10)13/h1-3H,(H2,10,11,12,13). The van der Waals surface area contributed by atoms with E-state index in [2.05, 4.69) is 4.36 Å². The van der Waals surface area contributed by atoms with E-state index in [4.69, 9.17) is 10.4 Å².